The Balaban J connectivity index is 1.85. The van der Waals surface area contributed by atoms with Crippen LogP contribution in [0.2, 0.25) is 10.0 Å². The second-order valence-electron chi connectivity index (χ2n) is 12.0. The molecule has 4 rings (SSSR count). The van der Waals surface area contributed by atoms with E-state index in [0.29, 0.717) is 27.7 Å². The van der Waals surface area contributed by atoms with Crippen LogP contribution in [0.3, 0.4) is 0 Å². The SMILES string of the molecule is CCc1ccccc1N(CC(=O)N(Cc1ccc(Cl)c(Cl)c1)[C@H](Cc1ccccc1)C(=O)NC(C)(C)C)S(=O)(=O)c1ccccc1. The van der Waals surface area contributed by atoms with E-state index in [9.17, 15) is 18.0 Å². The summed E-state index contributed by atoms with van der Waals surface area (Å²) in [4.78, 5) is 30.1. The van der Waals surface area contributed by atoms with Crippen molar-refractivity contribution in [3.05, 3.63) is 130 Å². The minimum atomic E-state index is -4.19. The Hall–Kier alpha value is -3.85. The molecule has 0 spiro atoms. The summed E-state index contributed by atoms with van der Waals surface area (Å²) in [6.07, 6.45) is 0.746. The average Bonchev–Trinajstić information content (AvgIpc) is 3.03. The Labute approximate surface area is 282 Å². The third-order valence-corrected chi connectivity index (χ3v) is 9.87. The van der Waals surface area contributed by atoms with Crippen LogP contribution in [0.4, 0.5) is 5.69 Å². The maximum atomic E-state index is 14.6. The number of sulfonamides is 1. The van der Waals surface area contributed by atoms with Gasteiger partial charge in [-0.2, -0.15) is 0 Å². The Morgan fingerprint density at radius 2 is 1.41 bits per heavy atom. The molecule has 0 aliphatic rings. The Kier molecular flexibility index (Phi) is 11.5. The highest BCUT2D eigenvalue weighted by Crippen LogP contribution is 2.29. The number of carbonyl (C=O) groups is 2. The fraction of sp³-hybridized carbons (Fsp3) is 0.278. The summed E-state index contributed by atoms with van der Waals surface area (Å²) < 4.78 is 29.6. The summed E-state index contributed by atoms with van der Waals surface area (Å²) in [5, 5.41) is 3.68. The number of carbonyl (C=O) groups excluding carboxylic acids is 2. The van der Waals surface area contributed by atoms with E-state index in [4.69, 9.17) is 23.2 Å². The molecule has 0 radical (unpaired) electrons. The summed E-state index contributed by atoms with van der Waals surface area (Å²) in [5.74, 6) is -0.919. The molecule has 0 saturated heterocycles. The molecule has 0 aliphatic heterocycles. The molecule has 4 aromatic rings. The quantitative estimate of drug-likeness (QED) is 0.170. The van der Waals surface area contributed by atoms with Crippen LogP contribution in [0.25, 0.3) is 0 Å². The molecule has 2 amide bonds. The predicted octanol–water partition coefficient (Wildman–Crippen LogP) is 7.31. The molecular weight excluding hydrogens is 641 g/mol. The third-order valence-electron chi connectivity index (χ3n) is 7.36. The van der Waals surface area contributed by atoms with Gasteiger partial charge in [0.25, 0.3) is 10.0 Å². The first-order valence-corrected chi connectivity index (χ1v) is 17.2. The number of benzene rings is 4. The van der Waals surface area contributed by atoms with Crippen molar-refractivity contribution in [3.63, 3.8) is 0 Å². The lowest BCUT2D eigenvalue weighted by molar-refractivity contribution is -0.140. The Morgan fingerprint density at radius 1 is 0.804 bits per heavy atom. The second kappa shape index (κ2) is 15.2. The molecule has 1 N–H and O–H groups in total. The fourth-order valence-electron chi connectivity index (χ4n) is 5.13. The van der Waals surface area contributed by atoms with E-state index < -0.39 is 34.1 Å². The monoisotopic (exact) mass is 679 g/mol. The van der Waals surface area contributed by atoms with Crippen molar-refractivity contribution in [2.24, 2.45) is 0 Å². The predicted molar refractivity (Wildman–Crippen MR) is 186 cm³/mol. The second-order valence-corrected chi connectivity index (χ2v) is 14.7. The minimum Gasteiger partial charge on any atom is -0.350 e. The van der Waals surface area contributed by atoms with E-state index in [1.165, 1.54) is 17.0 Å². The zero-order chi connectivity index (χ0) is 33.5. The topological polar surface area (TPSA) is 86.8 Å². The van der Waals surface area contributed by atoms with Crippen LogP contribution < -0.4 is 9.62 Å². The van der Waals surface area contributed by atoms with Gasteiger partial charge in [-0.15, -0.1) is 0 Å². The maximum absolute atomic E-state index is 14.6. The van der Waals surface area contributed by atoms with Crippen LogP contribution in [-0.2, 0) is 39.0 Å². The molecule has 0 aliphatic carbocycles. The van der Waals surface area contributed by atoms with E-state index in [1.807, 2.05) is 70.2 Å². The molecule has 0 saturated carbocycles. The zero-order valence-corrected chi connectivity index (χ0v) is 28.7. The van der Waals surface area contributed by atoms with E-state index in [2.05, 4.69) is 5.32 Å². The van der Waals surface area contributed by atoms with Crippen LogP contribution in [0.1, 0.15) is 44.4 Å². The molecule has 0 unspecified atom stereocenters. The van der Waals surface area contributed by atoms with Crippen molar-refractivity contribution in [1.29, 1.82) is 0 Å². The van der Waals surface area contributed by atoms with Crippen molar-refractivity contribution < 1.29 is 18.0 Å². The van der Waals surface area contributed by atoms with Gasteiger partial charge in [0.2, 0.25) is 11.8 Å². The van der Waals surface area contributed by atoms with Gasteiger partial charge < -0.3 is 10.2 Å². The smallest absolute Gasteiger partial charge is 0.264 e. The molecule has 0 bridgehead atoms. The number of aryl methyl sites for hydroxylation is 1. The zero-order valence-electron chi connectivity index (χ0n) is 26.4. The van der Waals surface area contributed by atoms with Crippen molar-refractivity contribution >= 4 is 50.7 Å². The third kappa shape index (κ3) is 8.90. The van der Waals surface area contributed by atoms with Crippen LogP contribution in [0, 0.1) is 0 Å². The molecular formula is C36H39Cl2N3O4S. The van der Waals surface area contributed by atoms with E-state index in [-0.39, 0.29) is 23.8 Å². The van der Waals surface area contributed by atoms with Gasteiger partial charge in [0.05, 0.1) is 20.6 Å². The van der Waals surface area contributed by atoms with Gasteiger partial charge in [0.1, 0.15) is 12.6 Å². The largest absolute Gasteiger partial charge is 0.350 e. The summed E-state index contributed by atoms with van der Waals surface area (Å²) >= 11 is 12.6. The summed E-state index contributed by atoms with van der Waals surface area (Å²) in [6.45, 7) is 6.97. The first-order valence-electron chi connectivity index (χ1n) is 15.0. The highest BCUT2D eigenvalue weighted by atomic mass is 35.5. The fourth-order valence-corrected chi connectivity index (χ4v) is 6.92. The number of nitrogens with zero attached hydrogens (tertiary/aromatic N) is 2. The highest BCUT2D eigenvalue weighted by Gasteiger charge is 2.36. The number of halogens is 2. The van der Waals surface area contributed by atoms with Gasteiger partial charge in [-0.1, -0.05) is 103 Å². The normalized spacial score (nSPS) is 12.3. The van der Waals surface area contributed by atoms with Crippen LogP contribution in [0.15, 0.2) is 108 Å². The lowest BCUT2D eigenvalue weighted by Gasteiger charge is -2.35. The number of para-hydroxylation sites is 1. The van der Waals surface area contributed by atoms with Crippen molar-refractivity contribution in [3.8, 4) is 0 Å². The van der Waals surface area contributed by atoms with Crippen molar-refractivity contribution in [2.75, 3.05) is 10.8 Å². The summed E-state index contributed by atoms with van der Waals surface area (Å²) in [6, 6.07) is 28.6. The molecule has 10 heteroatoms. The van der Waals surface area contributed by atoms with Gasteiger partial charge in [0, 0.05) is 18.5 Å². The first kappa shape index (κ1) is 35.0. The lowest BCUT2D eigenvalue weighted by atomic mass is 10.0. The standard InChI is InChI=1S/C36H39Cl2N3O4S/c1-5-28-16-12-13-19-32(28)41(46(44,45)29-17-10-7-11-18-29)25-34(42)40(24-27-20-21-30(37)31(38)22-27)33(35(43)39-36(2,3)4)23-26-14-8-6-9-15-26/h6-22,33H,5,23-25H2,1-4H3,(H,39,43)/t33-/m1/s1. The molecule has 0 heterocycles. The Bertz CT molecular complexity index is 1760. The number of hydrogen-bond acceptors (Lipinski definition) is 4. The van der Waals surface area contributed by atoms with Crippen LogP contribution >= 0.6 is 23.2 Å². The highest BCUT2D eigenvalue weighted by molar-refractivity contribution is 7.92. The number of hydrogen-bond donors (Lipinski definition) is 1. The summed E-state index contributed by atoms with van der Waals surface area (Å²) in [5.41, 5.74) is 2.05. The Morgan fingerprint density at radius 3 is 2.02 bits per heavy atom. The maximum Gasteiger partial charge on any atom is 0.264 e. The summed E-state index contributed by atoms with van der Waals surface area (Å²) in [7, 11) is -4.19. The van der Waals surface area contributed by atoms with E-state index in [1.54, 1.807) is 48.5 Å². The van der Waals surface area contributed by atoms with Crippen LogP contribution in [0.5, 0.6) is 0 Å². The number of amides is 2. The number of rotatable bonds is 12. The molecule has 46 heavy (non-hydrogen) atoms. The molecule has 1 atom stereocenters. The van der Waals surface area contributed by atoms with Crippen molar-refractivity contribution in [1.82, 2.24) is 10.2 Å². The van der Waals surface area contributed by atoms with Gasteiger partial charge in [-0.3, -0.25) is 13.9 Å². The molecule has 7 nitrogen and oxygen atoms in total. The van der Waals surface area contributed by atoms with Gasteiger partial charge in [-0.05, 0) is 74.2 Å². The number of anilines is 1. The van der Waals surface area contributed by atoms with Crippen molar-refractivity contribution in [2.45, 2.75) is 63.6 Å². The molecule has 0 aromatic heterocycles. The number of nitrogens with one attached hydrogen (secondary N) is 1. The van der Waals surface area contributed by atoms with E-state index in [0.717, 1.165) is 15.4 Å². The van der Waals surface area contributed by atoms with Crippen LogP contribution in [-0.4, -0.2) is 43.3 Å². The van der Waals surface area contributed by atoms with Gasteiger partial charge in [-0.25, -0.2) is 8.42 Å². The van der Waals surface area contributed by atoms with Gasteiger partial charge in [0.15, 0.2) is 0 Å². The molecule has 4 aromatic carbocycles. The average molecular weight is 681 g/mol. The lowest BCUT2D eigenvalue weighted by Crippen LogP contribution is -2.56. The minimum absolute atomic E-state index is 0.0144. The molecule has 0 fully saturated rings. The van der Waals surface area contributed by atoms with E-state index >= 15 is 0 Å². The van der Waals surface area contributed by atoms with Gasteiger partial charge >= 0.3 is 0 Å². The first-order chi connectivity index (χ1) is 21.8. The molecule has 242 valence electrons.